The fourth-order valence-electron chi connectivity index (χ4n) is 2.47. The van der Waals surface area contributed by atoms with Crippen LogP contribution in [-0.2, 0) is 4.74 Å². The first-order chi connectivity index (χ1) is 10.8. The van der Waals surface area contributed by atoms with Gasteiger partial charge in [-0.05, 0) is 39.5 Å². The molecule has 1 N–H and O–H groups in total. The molecular weight excluding hydrogens is 296 g/mol. The van der Waals surface area contributed by atoms with E-state index in [0.717, 1.165) is 12.8 Å². The highest BCUT2D eigenvalue weighted by Gasteiger charge is 2.27. The summed E-state index contributed by atoms with van der Waals surface area (Å²) in [5, 5.41) is 2.86. The van der Waals surface area contributed by atoms with Gasteiger partial charge in [-0.15, -0.1) is 0 Å². The van der Waals surface area contributed by atoms with Gasteiger partial charge in [-0.3, -0.25) is 9.78 Å². The molecule has 1 aromatic heterocycles. The lowest BCUT2D eigenvalue weighted by atomic mass is 9.98. The van der Waals surface area contributed by atoms with Crippen LogP contribution in [0.25, 0.3) is 0 Å². The topological polar surface area (TPSA) is 84.4 Å². The molecule has 126 valence electrons. The van der Waals surface area contributed by atoms with Crippen LogP contribution in [-0.4, -0.2) is 52.1 Å². The van der Waals surface area contributed by atoms with Gasteiger partial charge < -0.3 is 15.0 Å². The van der Waals surface area contributed by atoms with Gasteiger partial charge in [0.2, 0.25) is 0 Å². The zero-order chi connectivity index (χ0) is 16.9. The van der Waals surface area contributed by atoms with Gasteiger partial charge in [0.1, 0.15) is 11.3 Å². The number of nitrogens with zero attached hydrogens (tertiary/aromatic N) is 3. The van der Waals surface area contributed by atoms with Crippen molar-refractivity contribution in [2.45, 2.75) is 39.2 Å². The normalized spacial score (nSPS) is 18.4. The number of carbonyl (C=O) groups excluding carboxylic acids is 2. The van der Waals surface area contributed by atoms with Crippen LogP contribution in [0.1, 0.15) is 44.1 Å². The zero-order valence-electron chi connectivity index (χ0n) is 13.9. The highest BCUT2D eigenvalue weighted by atomic mass is 16.6. The largest absolute Gasteiger partial charge is 0.444 e. The van der Waals surface area contributed by atoms with Crippen LogP contribution in [0.4, 0.5) is 4.79 Å². The summed E-state index contributed by atoms with van der Waals surface area (Å²) >= 11 is 0. The average molecular weight is 320 g/mol. The predicted molar refractivity (Wildman–Crippen MR) is 84.9 cm³/mol. The van der Waals surface area contributed by atoms with Gasteiger partial charge in [0.15, 0.2) is 0 Å². The molecule has 0 bridgehead atoms. The third-order valence-corrected chi connectivity index (χ3v) is 3.52. The zero-order valence-corrected chi connectivity index (χ0v) is 13.9. The van der Waals surface area contributed by atoms with Crippen molar-refractivity contribution in [2.75, 3.05) is 19.6 Å². The number of rotatable bonds is 3. The molecule has 0 radical (unpaired) electrons. The SMILES string of the molecule is CC(C)(C)OC(=O)N1CCC[C@@H](CNC(=O)c2cnccn2)C1. The second-order valence-electron chi connectivity index (χ2n) is 6.74. The summed E-state index contributed by atoms with van der Waals surface area (Å²) in [5.74, 6) is -0.0237. The number of piperidine rings is 1. The number of hydrogen-bond acceptors (Lipinski definition) is 5. The molecule has 2 heterocycles. The number of carbonyl (C=O) groups is 2. The summed E-state index contributed by atoms with van der Waals surface area (Å²) in [4.78, 5) is 33.6. The number of hydrogen-bond donors (Lipinski definition) is 1. The maximum absolute atomic E-state index is 12.1. The Balaban J connectivity index is 1.82. The molecule has 2 rings (SSSR count). The van der Waals surface area contributed by atoms with E-state index in [0.29, 0.717) is 25.3 Å². The standard InChI is InChI=1S/C16H24N4O3/c1-16(2,3)23-15(22)20-8-4-5-12(11-20)9-19-14(21)13-10-17-6-7-18-13/h6-7,10,12H,4-5,8-9,11H2,1-3H3,(H,19,21)/t12-/m0/s1. The molecule has 0 saturated carbocycles. The smallest absolute Gasteiger partial charge is 0.410 e. The fraction of sp³-hybridized carbons (Fsp3) is 0.625. The molecule has 7 heteroatoms. The minimum atomic E-state index is -0.496. The second-order valence-corrected chi connectivity index (χ2v) is 6.74. The van der Waals surface area contributed by atoms with E-state index in [1.165, 1.54) is 18.6 Å². The first kappa shape index (κ1) is 17.2. The fourth-order valence-corrected chi connectivity index (χ4v) is 2.47. The number of likely N-dealkylation sites (tertiary alicyclic amines) is 1. The van der Waals surface area contributed by atoms with Gasteiger partial charge >= 0.3 is 6.09 Å². The molecule has 1 saturated heterocycles. The molecule has 0 aromatic carbocycles. The van der Waals surface area contributed by atoms with Gasteiger partial charge in [-0.25, -0.2) is 9.78 Å². The van der Waals surface area contributed by atoms with Crippen molar-refractivity contribution in [3.8, 4) is 0 Å². The van der Waals surface area contributed by atoms with Crippen LogP contribution in [0.15, 0.2) is 18.6 Å². The Kier molecular flexibility index (Phi) is 5.52. The maximum Gasteiger partial charge on any atom is 0.410 e. The van der Waals surface area contributed by atoms with E-state index in [1.54, 1.807) is 4.90 Å². The van der Waals surface area contributed by atoms with Crippen molar-refractivity contribution in [3.05, 3.63) is 24.3 Å². The number of amides is 2. The van der Waals surface area contributed by atoms with E-state index in [2.05, 4.69) is 15.3 Å². The van der Waals surface area contributed by atoms with Crippen molar-refractivity contribution in [1.82, 2.24) is 20.2 Å². The van der Waals surface area contributed by atoms with E-state index in [9.17, 15) is 9.59 Å². The van der Waals surface area contributed by atoms with Gasteiger partial charge in [0, 0.05) is 32.0 Å². The molecule has 1 aliphatic heterocycles. The van der Waals surface area contributed by atoms with Crippen molar-refractivity contribution >= 4 is 12.0 Å². The lowest BCUT2D eigenvalue weighted by molar-refractivity contribution is 0.0167. The van der Waals surface area contributed by atoms with Crippen molar-refractivity contribution < 1.29 is 14.3 Å². The highest BCUT2D eigenvalue weighted by Crippen LogP contribution is 2.18. The van der Waals surface area contributed by atoms with E-state index < -0.39 is 5.60 Å². The van der Waals surface area contributed by atoms with Crippen molar-refractivity contribution in [3.63, 3.8) is 0 Å². The molecule has 7 nitrogen and oxygen atoms in total. The molecule has 1 aliphatic rings. The molecule has 0 spiro atoms. The summed E-state index contributed by atoms with van der Waals surface area (Å²) in [6, 6.07) is 0. The summed E-state index contributed by atoms with van der Waals surface area (Å²) in [5.41, 5.74) is -0.197. The third-order valence-electron chi connectivity index (χ3n) is 3.52. The summed E-state index contributed by atoms with van der Waals surface area (Å²) < 4.78 is 5.40. The van der Waals surface area contributed by atoms with E-state index >= 15 is 0 Å². The summed E-state index contributed by atoms with van der Waals surface area (Å²) in [6.07, 6.45) is 6.03. The Morgan fingerprint density at radius 3 is 2.83 bits per heavy atom. The Labute approximate surface area is 136 Å². The molecule has 0 aliphatic carbocycles. The lowest BCUT2D eigenvalue weighted by Crippen LogP contribution is -2.45. The Hall–Kier alpha value is -2.18. The van der Waals surface area contributed by atoms with Crippen molar-refractivity contribution in [1.29, 1.82) is 0 Å². The molecule has 1 atom stereocenters. The first-order valence-corrected chi connectivity index (χ1v) is 7.87. The third kappa shape index (κ3) is 5.50. The molecule has 2 amide bonds. The number of nitrogens with one attached hydrogen (secondary N) is 1. The monoisotopic (exact) mass is 320 g/mol. The second kappa shape index (κ2) is 7.39. The predicted octanol–water partition coefficient (Wildman–Crippen LogP) is 1.85. The summed E-state index contributed by atoms with van der Waals surface area (Å²) in [6.45, 7) is 7.36. The summed E-state index contributed by atoms with van der Waals surface area (Å²) in [7, 11) is 0. The minimum Gasteiger partial charge on any atom is -0.444 e. The van der Waals surface area contributed by atoms with E-state index in [1.807, 2.05) is 20.8 Å². The van der Waals surface area contributed by atoms with Gasteiger partial charge in [0.05, 0.1) is 6.20 Å². The van der Waals surface area contributed by atoms with Gasteiger partial charge in [-0.1, -0.05) is 0 Å². The Morgan fingerprint density at radius 2 is 2.17 bits per heavy atom. The maximum atomic E-state index is 12.1. The molecule has 1 fully saturated rings. The highest BCUT2D eigenvalue weighted by molar-refractivity contribution is 5.91. The van der Waals surface area contributed by atoms with Crippen LogP contribution < -0.4 is 5.32 Å². The molecular formula is C16H24N4O3. The Bertz CT molecular complexity index is 542. The van der Waals surface area contributed by atoms with Crippen LogP contribution in [0, 0.1) is 5.92 Å². The quantitative estimate of drug-likeness (QED) is 0.919. The van der Waals surface area contributed by atoms with Crippen LogP contribution >= 0.6 is 0 Å². The molecule has 1 aromatic rings. The van der Waals surface area contributed by atoms with E-state index in [4.69, 9.17) is 4.74 Å². The molecule has 0 unspecified atom stereocenters. The lowest BCUT2D eigenvalue weighted by Gasteiger charge is -2.34. The minimum absolute atomic E-state index is 0.219. The van der Waals surface area contributed by atoms with Crippen LogP contribution in [0.5, 0.6) is 0 Å². The Morgan fingerprint density at radius 1 is 1.39 bits per heavy atom. The van der Waals surface area contributed by atoms with Crippen molar-refractivity contribution in [2.24, 2.45) is 5.92 Å². The van der Waals surface area contributed by atoms with E-state index in [-0.39, 0.29) is 17.9 Å². The van der Waals surface area contributed by atoms with Crippen LogP contribution in [0.3, 0.4) is 0 Å². The van der Waals surface area contributed by atoms with Crippen LogP contribution in [0.2, 0.25) is 0 Å². The van der Waals surface area contributed by atoms with Gasteiger partial charge in [0.25, 0.3) is 5.91 Å². The van der Waals surface area contributed by atoms with Gasteiger partial charge in [-0.2, -0.15) is 0 Å². The number of aromatic nitrogens is 2. The first-order valence-electron chi connectivity index (χ1n) is 7.87. The average Bonchev–Trinajstić information content (AvgIpc) is 2.52. The number of ether oxygens (including phenoxy) is 1. The molecule has 23 heavy (non-hydrogen) atoms.